The van der Waals surface area contributed by atoms with Gasteiger partial charge in [0, 0.05) is 37.6 Å². The predicted molar refractivity (Wildman–Crippen MR) is 94.5 cm³/mol. The van der Waals surface area contributed by atoms with Crippen LogP contribution in [0.4, 0.5) is 0 Å². The number of hydrogen-bond acceptors (Lipinski definition) is 4. The molecule has 6 heteroatoms. The molecule has 3 rings (SSSR count). The molecule has 2 aliphatic rings. The van der Waals surface area contributed by atoms with E-state index in [2.05, 4.69) is 4.98 Å². The van der Waals surface area contributed by atoms with Gasteiger partial charge in [0.1, 0.15) is 5.01 Å². The van der Waals surface area contributed by atoms with Gasteiger partial charge in [-0.25, -0.2) is 4.98 Å². The van der Waals surface area contributed by atoms with Crippen molar-refractivity contribution in [2.45, 2.75) is 64.0 Å². The fourth-order valence-corrected chi connectivity index (χ4v) is 4.59. The van der Waals surface area contributed by atoms with Gasteiger partial charge in [0.05, 0.1) is 12.5 Å². The third kappa shape index (κ3) is 4.15. The Morgan fingerprint density at radius 3 is 2.71 bits per heavy atom. The lowest BCUT2D eigenvalue weighted by atomic mass is 9.93. The Morgan fingerprint density at radius 2 is 2.04 bits per heavy atom. The van der Waals surface area contributed by atoms with Crippen LogP contribution in [0.1, 0.15) is 56.4 Å². The highest BCUT2D eigenvalue weighted by atomic mass is 32.1. The fourth-order valence-electron chi connectivity index (χ4n) is 3.92. The van der Waals surface area contributed by atoms with Crippen molar-refractivity contribution in [1.29, 1.82) is 0 Å². The summed E-state index contributed by atoms with van der Waals surface area (Å²) in [6.07, 6.45) is 10.1. The highest BCUT2D eigenvalue weighted by molar-refractivity contribution is 7.09. The quantitative estimate of drug-likeness (QED) is 0.785. The average Bonchev–Trinajstić information content (AvgIpc) is 2.94. The number of likely N-dealkylation sites (tertiary alicyclic amines) is 1. The van der Waals surface area contributed by atoms with Gasteiger partial charge in [0.2, 0.25) is 11.8 Å². The van der Waals surface area contributed by atoms with E-state index in [4.69, 9.17) is 0 Å². The molecule has 1 aliphatic carbocycles. The van der Waals surface area contributed by atoms with E-state index in [0.29, 0.717) is 32.0 Å². The van der Waals surface area contributed by atoms with Gasteiger partial charge in [-0.15, -0.1) is 11.3 Å². The molecule has 132 valence electrons. The Kier molecular flexibility index (Phi) is 5.87. The summed E-state index contributed by atoms with van der Waals surface area (Å²) in [4.78, 5) is 33.2. The number of hydrogen-bond donors (Lipinski definition) is 0. The molecule has 0 spiro atoms. The van der Waals surface area contributed by atoms with Crippen molar-refractivity contribution in [3.63, 3.8) is 0 Å². The van der Waals surface area contributed by atoms with Crippen LogP contribution >= 0.6 is 11.3 Å². The van der Waals surface area contributed by atoms with Gasteiger partial charge in [0.25, 0.3) is 0 Å². The fraction of sp³-hybridized carbons (Fsp3) is 0.722. The highest BCUT2D eigenvalue weighted by Gasteiger charge is 2.35. The molecule has 1 saturated heterocycles. The van der Waals surface area contributed by atoms with E-state index in [1.165, 1.54) is 25.7 Å². The Labute approximate surface area is 148 Å². The summed E-state index contributed by atoms with van der Waals surface area (Å²) in [5.74, 6) is 0.334. The maximum atomic E-state index is 12.8. The molecular formula is C18H27N3O2S. The number of carbonyl (C=O) groups excluding carboxylic acids is 2. The third-order valence-electron chi connectivity index (χ3n) is 5.29. The molecule has 1 saturated carbocycles. The van der Waals surface area contributed by atoms with Crippen LogP contribution < -0.4 is 0 Å². The summed E-state index contributed by atoms with van der Waals surface area (Å²) in [7, 11) is 1.84. The first-order chi connectivity index (χ1) is 11.6. The van der Waals surface area contributed by atoms with E-state index in [0.717, 1.165) is 17.8 Å². The molecule has 0 radical (unpaired) electrons. The van der Waals surface area contributed by atoms with Gasteiger partial charge >= 0.3 is 0 Å². The smallest absolute Gasteiger partial charge is 0.227 e. The number of rotatable bonds is 4. The van der Waals surface area contributed by atoms with E-state index in [9.17, 15) is 9.59 Å². The molecule has 1 aromatic heterocycles. The molecule has 1 aliphatic heterocycles. The van der Waals surface area contributed by atoms with Crippen LogP contribution in [-0.4, -0.2) is 46.2 Å². The second-order valence-electron chi connectivity index (χ2n) is 7.05. The van der Waals surface area contributed by atoms with Crippen molar-refractivity contribution >= 4 is 23.2 Å². The maximum absolute atomic E-state index is 12.8. The largest absolute Gasteiger partial charge is 0.339 e. The van der Waals surface area contributed by atoms with E-state index in [1.807, 2.05) is 17.3 Å². The number of thiazole rings is 1. The molecule has 2 fully saturated rings. The van der Waals surface area contributed by atoms with Crippen LogP contribution in [0.15, 0.2) is 11.6 Å². The van der Waals surface area contributed by atoms with Crippen LogP contribution in [-0.2, 0) is 16.1 Å². The number of piperidine rings is 1. The van der Waals surface area contributed by atoms with Crippen molar-refractivity contribution < 1.29 is 9.59 Å². The second kappa shape index (κ2) is 8.10. The van der Waals surface area contributed by atoms with Gasteiger partial charge in [-0.05, 0) is 19.3 Å². The molecule has 2 heterocycles. The minimum atomic E-state index is -0.0593. The van der Waals surface area contributed by atoms with Crippen molar-refractivity contribution in [3.05, 3.63) is 16.6 Å². The summed E-state index contributed by atoms with van der Waals surface area (Å²) in [5, 5.41) is 2.89. The zero-order valence-electron chi connectivity index (χ0n) is 14.4. The van der Waals surface area contributed by atoms with Gasteiger partial charge in [-0.3, -0.25) is 9.59 Å². The molecule has 1 aromatic rings. The van der Waals surface area contributed by atoms with E-state index in [-0.39, 0.29) is 17.7 Å². The summed E-state index contributed by atoms with van der Waals surface area (Å²) in [6.45, 7) is 1.16. The predicted octanol–water partition coefficient (Wildman–Crippen LogP) is 3.06. The SMILES string of the molecule is CN(Cc1nccs1)C(=O)[C@H]1CCC(=O)N(C2CCCCCC2)C1. The van der Waals surface area contributed by atoms with Crippen molar-refractivity contribution in [2.24, 2.45) is 5.92 Å². The minimum Gasteiger partial charge on any atom is -0.339 e. The first kappa shape index (κ1) is 17.4. The summed E-state index contributed by atoms with van der Waals surface area (Å²) in [6, 6.07) is 0.347. The van der Waals surface area contributed by atoms with E-state index >= 15 is 0 Å². The Morgan fingerprint density at radius 1 is 1.29 bits per heavy atom. The summed E-state index contributed by atoms with van der Waals surface area (Å²) >= 11 is 1.57. The highest BCUT2D eigenvalue weighted by Crippen LogP contribution is 2.28. The molecular weight excluding hydrogens is 322 g/mol. The Hall–Kier alpha value is -1.43. The van der Waals surface area contributed by atoms with Gasteiger partial charge in [-0.2, -0.15) is 0 Å². The van der Waals surface area contributed by atoms with Gasteiger partial charge < -0.3 is 9.80 Å². The number of amides is 2. The second-order valence-corrected chi connectivity index (χ2v) is 8.03. The number of nitrogens with zero attached hydrogens (tertiary/aromatic N) is 3. The van der Waals surface area contributed by atoms with Crippen LogP contribution in [0.3, 0.4) is 0 Å². The molecule has 0 N–H and O–H groups in total. The van der Waals surface area contributed by atoms with Crippen molar-refractivity contribution in [3.8, 4) is 0 Å². The number of carbonyl (C=O) groups is 2. The van der Waals surface area contributed by atoms with Crippen LogP contribution in [0.2, 0.25) is 0 Å². The zero-order chi connectivity index (χ0) is 16.9. The molecule has 2 amide bonds. The average molecular weight is 350 g/mol. The summed E-state index contributed by atoms with van der Waals surface area (Å²) < 4.78 is 0. The molecule has 0 bridgehead atoms. The molecule has 0 aromatic carbocycles. The standard InChI is InChI=1S/C18H27N3O2S/c1-20(13-16-19-10-11-24-16)18(23)14-8-9-17(22)21(12-14)15-6-4-2-3-5-7-15/h10-11,14-15H,2-9,12-13H2,1H3/t14-/m0/s1. The Bertz CT molecular complexity index is 553. The van der Waals surface area contributed by atoms with Crippen LogP contribution in [0.25, 0.3) is 0 Å². The molecule has 24 heavy (non-hydrogen) atoms. The lowest BCUT2D eigenvalue weighted by Crippen LogP contribution is -2.50. The zero-order valence-corrected chi connectivity index (χ0v) is 15.3. The molecule has 0 unspecified atom stereocenters. The third-order valence-corrected chi connectivity index (χ3v) is 6.06. The van der Waals surface area contributed by atoms with Crippen molar-refractivity contribution in [1.82, 2.24) is 14.8 Å². The first-order valence-corrected chi connectivity index (χ1v) is 9.96. The lowest BCUT2D eigenvalue weighted by Gasteiger charge is -2.38. The van der Waals surface area contributed by atoms with E-state index < -0.39 is 0 Å². The number of aromatic nitrogens is 1. The molecule has 5 nitrogen and oxygen atoms in total. The van der Waals surface area contributed by atoms with Crippen LogP contribution in [0, 0.1) is 5.92 Å². The van der Waals surface area contributed by atoms with E-state index in [1.54, 1.807) is 22.4 Å². The normalized spacial score (nSPS) is 23.1. The Balaban J connectivity index is 1.61. The topological polar surface area (TPSA) is 53.5 Å². The van der Waals surface area contributed by atoms with Gasteiger partial charge in [0.15, 0.2) is 0 Å². The molecule has 1 atom stereocenters. The monoisotopic (exact) mass is 349 g/mol. The summed E-state index contributed by atoms with van der Waals surface area (Å²) in [5.41, 5.74) is 0. The van der Waals surface area contributed by atoms with Crippen LogP contribution in [0.5, 0.6) is 0 Å². The van der Waals surface area contributed by atoms with Crippen molar-refractivity contribution in [2.75, 3.05) is 13.6 Å². The minimum absolute atomic E-state index is 0.0593. The van der Waals surface area contributed by atoms with Gasteiger partial charge in [-0.1, -0.05) is 25.7 Å². The first-order valence-electron chi connectivity index (χ1n) is 9.08. The maximum Gasteiger partial charge on any atom is 0.227 e. The lowest BCUT2D eigenvalue weighted by molar-refractivity contribution is -0.144.